The second-order valence-electron chi connectivity index (χ2n) is 6.73. The Labute approximate surface area is 136 Å². The number of ketones is 1. The van der Waals surface area contributed by atoms with Crippen LogP contribution in [-0.2, 0) is 11.2 Å². The molecule has 0 amide bonds. The van der Waals surface area contributed by atoms with Crippen LogP contribution in [0.3, 0.4) is 0 Å². The monoisotopic (exact) mass is 319 g/mol. The summed E-state index contributed by atoms with van der Waals surface area (Å²) in [5, 5.41) is 20.7. The molecular formula is C18H25NO4. The van der Waals surface area contributed by atoms with Crippen LogP contribution in [0.4, 0.5) is 0 Å². The second kappa shape index (κ2) is 6.13. The molecule has 2 N–H and O–H groups in total. The van der Waals surface area contributed by atoms with Crippen molar-refractivity contribution in [1.29, 1.82) is 0 Å². The Morgan fingerprint density at radius 2 is 2.13 bits per heavy atom. The molecule has 126 valence electrons. The van der Waals surface area contributed by atoms with E-state index in [4.69, 9.17) is 4.74 Å². The Hall–Kier alpha value is -1.59. The third-order valence-corrected chi connectivity index (χ3v) is 5.36. The van der Waals surface area contributed by atoms with Crippen molar-refractivity contribution >= 4 is 5.78 Å². The summed E-state index contributed by atoms with van der Waals surface area (Å²) in [4.78, 5) is 14.6. The Bertz CT molecular complexity index is 615. The Balaban J connectivity index is 2.08. The maximum Gasteiger partial charge on any atom is 0.174 e. The summed E-state index contributed by atoms with van der Waals surface area (Å²) in [5.74, 6) is 0.467. The summed E-state index contributed by atoms with van der Waals surface area (Å²) in [6, 6.07) is 3.47. The standard InChI is InChI=1S/C18H25NO4/c1-4-19(3)12-9-11-5-6-15(22)18-16(11)10(2)17(23-18)14(21)8-7-13(12)20/h5-6,10,12-13,17,20,22H,4,7-9H2,1-3H3/t10?,12-,13-,17-/m1/s1. The minimum atomic E-state index is -0.554. The minimum absolute atomic E-state index is 0.00194. The number of carbonyl (C=O) groups excluding carboxylic acids is 1. The summed E-state index contributed by atoms with van der Waals surface area (Å²) < 4.78 is 5.80. The number of Topliss-reactive ketones (excluding diaryl/α,β-unsaturated/α-hetero) is 1. The number of phenols is 1. The predicted molar refractivity (Wildman–Crippen MR) is 87.0 cm³/mol. The van der Waals surface area contributed by atoms with Crippen LogP contribution in [0.5, 0.6) is 11.5 Å². The largest absolute Gasteiger partial charge is 0.504 e. The Morgan fingerprint density at radius 1 is 1.39 bits per heavy atom. The fourth-order valence-corrected chi connectivity index (χ4v) is 3.83. The van der Waals surface area contributed by atoms with Crippen molar-refractivity contribution in [2.75, 3.05) is 13.6 Å². The third-order valence-electron chi connectivity index (χ3n) is 5.36. The number of ether oxygens (including phenoxy) is 1. The number of hydrogen-bond acceptors (Lipinski definition) is 5. The lowest BCUT2D eigenvalue weighted by Crippen LogP contribution is -2.44. The first-order chi connectivity index (χ1) is 10.9. The second-order valence-corrected chi connectivity index (χ2v) is 6.73. The van der Waals surface area contributed by atoms with Gasteiger partial charge in [0.15, 0.2) is 23.4 Å². The molecule has 0 radical (unpaired) electrons. The first-order valence-electron chi connectivity index (χ1n) is 8.36. The highest BCUT2D eigenvalue weighted by Crippen LogP contribution is 2.47. The number of aromatic hydroxyl groups is 1. The third kappa shape index (κ3) is 2.72. The number of fused-ring (bicyclic) bond motifs is 1. The van der Waals surface area contributed by atoms with Crippen molar-refractivity contribution in [2.45, 2.75) is 57.3 Å². The van der Waals surface area contributed by atoms with Crippen LogP contribution in [0.2, 0.25) is 0 Å². The van der Waals surface area contributed by atoms with Gasteiger partial charge in [-0.2, -0.15) is 0 Å². The predicted octanol–water partition coefficient (Wildman–Crippen LogP) is 1.84. The number of phenolic OH excluding ortho intramolecular Hbond substituents is 1. The average molecular weight is 319 g/mol. The highest BCUT2D eigenvalue weighted by atomic mass is 16.5. The lowest BCUT2D eigenvalue weighted by molar-refractivity contribution is -0.126. The molecule has 1 aromatic carbocycles. The van der Waals surface area contributed by atoms with Crippen LogP contribution in [0.1, 0.15) is 43.7 Å². The van der Waals surface area contributed by atoms with Crippen LogP contribution in [0, 0.1) is 0 Å². The summed E-state index contributed by atoms with van der Waals surface area (Å²) in [6.07, 6.45) is 0.320. The van der Waals surface area contributed by atoms with Crippen molar-refractivity contribution in [3.05, 3.63) is 23.3 Å². The minimum Gasteiger partial charge on any atom is -0.504 e. The number of aliphatic hydroxyl groups excluding tert-OH is 1. The summed E-state index contributed by atoms with van der Waals surface area (Å²) in [7, 11) is 1.99. The van der Waals surface area contributed by atoms with Crippen LogP contribution >= 0.6 is 0 Å². The van der Waals surface area contributed by atoms with E-state index in [1.807, 2.05) is 20.0 Å². The van der Waals surface area contributed by atoms with Gasteiger partial charge in [-0.1, -0.05) is 19.9 Å². The molecule has 5 nitrogen and oxygen atoms in total. The van der Waals surface area contributed by atoms with Crippen LogP contribution in [-0.4, -0.2) is 52.7 Å². The van der Waals surface area contributed by atoms with Gasteiger partial charge in [0.2, 0.25) is 0 Å². The molecule has 0 spiro atoms. The fraction of sp³-hybridized carbons (Fsp3) is 0.611. The molecule has 2 bridgehead atoms. The smallest absolute Gasteiger partial charge is 0.174 e. The molecule has 5 heteroatoms. The number of rotatable bonds is 2. The van der Waals surface area contributed by atoms with Gasteiger partial charge < -0.3 is 19.8 Å². The lowest BCUT2D eigenvalue weighted by Gasteiger charge is -2.32. The van der Waals surface area contributed by atoms with Crippen molar-refractivity contribution in [3.63, 3.8) is 0 Å². The fourth-order valence-electron chi connectivity index (χ4n) is 3.83. The van der Waals surface area contributed by atoms with Crippen molar-refractivity contribution in [3.8, 4) is 11.5 Å². The van der Waals surface area contributed by atoms with Gasteiger partial charge >= 0.3 is 0 Å². The summed E-state index contributed by atoms with van der Waals surface area (Å²) >= 11 is 0. The van der Waals surface area contributed by atoms with E-state index < -0.39 is 12.2 Å². The molecule has 0 fully saturated rings. The van der Waals surface area contributed by atoms with Gasteiger partial charge in [0, 0.05) is 23.9 Å². The van der Waals surface area contributed by atoms with Crippen LogP contribution in [0.15, 0.2) is 12.1 Å². The van der Waals surface area contributed by atoms with Gasteiger partial charge in [-0.05, 0) is 38.1 Å². The molecule has 1 unspecified atom stereocenters. The number of benzene rings is 1. The summed E-state index contributed by atoms with van der Waals surface area (Å²) in [6.45, 7) is 4.86. The molecular weight excluding hydrogens is 294 g/mol. The number of aliphatic hydroxyl groups is 1. The van der Waals surface area contributed by atoms with E-state index in [1.54, 1.807) is 6.07 Å². The molecule has 1 aliphatic heterocycles. The molecule has 23 heavy (non-hydrogen) atoms. The number of hydrogen-bond donors (Lipinski definition) is 2. The molecule has 4 atom stereocenters. The summed E-state index contributed by atoms with van der Waals surface area (Å²) in [5.41, 5.74) is 1.97. The Morgan fingerprint density at radius 3 is 2.83 bits per heavy atom. The normalized spacial score (nSPS) is 30.4. The van der Waals surface area contributed by atoms with Crippen molar-refractivity contribution in [2.24, 2.45) is 0 Å². The zero-order valence-corrected chi connectivity index (χ0v) is 14.0. The van der Waals surface area contributed by atoms with E-state index in [1.165, 1.54) is 0 Å². The molecule has 1 aromatic rings. The average Bonchev–Trinajstić information content (AvgIpc) is 2.89. The molecule has 0 aromatic heterocycles. The van der Waals surface area contributed by atoms with Gasteiger partial charge in [-0.25, -0.2) is 0 Å². The molecule has 3 rings (SSSR count). The SMILES string of the molecule is CCN(C)[C@@H]1Cc2ccc(O)c3c2C(C)[C@@H](O3)C(=O)CC[C@H]1O. The van der Waals surface area contributed by atoms with E-state index in [9.17, 15) is 15.0 Å². The first kappa shape index (κ1) is 16.3. The lowest BCUT2D eigenvalue weighted by atomic mass is 9.84. The Kier molecular flexibility index (Phi) is 4.34. The number of carbonyl (C=O) groups is 1. The molecule has 0 saturated heterocycles. The molecule has 0 saturated carbocycles. The van der Waals surface area contributed by atoms with Gasteiger partial charge in [-0.3, -0.25) is 4.79 Å². The van der Waals surface area contributed by atoms with Crippen molar-refractivity contribution < 1.29 is 19.7 Å². The van der Waals surface area contributed by atoms with Gasteiger partial charge in [-0.15, -0.1) is 0 Å². The zero-order valence-electron chi connectivity index (χ0n) is 14.0. The maximum absolute atomic E-state index is 12.5. The van der Waals surface area contributed by atoms with Gasteiger partial charge in [0.05, 0.1) is 6.10 Å². The first-order valence-corrected chi connectivity index (χ1v) is 8.36. The highest BCUT2D eigenvalue weighted by molar-refractivity contribution is 5.86. The number of nitrogens with zero attached hydrogens (tertiary/aromatic N) is 1. The van der Waals surface area contributed by atoms with Crippen LogP contribution in [0.25, 0.3) is 0 Å². The molecule has 1 heterocycles. The molecule has 1 aliphatic carbocycles. The van der Waals surface area contributed by atoms with Crippen LogP contribution < -0.4 is 4.74 Å². The maximum atomic E-state index is 12.5. The van der Waals surface area contributed by atoms with Crippen molar-refractivity contribution in [1.82, 2.24) is 4.90 Å². The zero-order chi connectivity index (χ0) is 16.7. The van der Waals surface area contributed by atoms with Gasteiger partial charge in [0.1, 0.15) is 0 Å². The topological polar surface area (TPSA) is 70.0 Å². The molecule has 2 aliphatic rings. The van der Waals surface area contributed by atoms with E-state index in [2.05, 4.69) is 11.8 Å². The van der Waals surface area contributed by atoms with E-state index in [0.29, 0.717) is 25.0 Å². The quantitative estimate of drug-likeness (QED) is 0.870. The van der Waals surface area contributed by atoms with E-state index in [0.717, 1.165) is 17.7 Å². The van der Waals surface area contributed by atoms with Gasteiger partial charge in [0.25, 0.3) is 0 Å². The van der Waals surface area contributed by atoms with E-state index >= 15 is 0 Å². The highest BCUT2D eigenvalue weighted by Gasteiger charge is 2.41. The van der Waals surface area contributed by atoms with E-state index in [-0.39, 0.29) is 23.5 Å². The number of likely N-dealkylation sites (N-methyl/N-ethyl adjacent to an activating group) is 1.